The van der Waals surface area contributed by atoms with Gasteiger partial charge >= 0.3 is 0 Å². The quantitative estimate of drug-likeness (QED) is 0.198. The third kappa shape index (κ3) is 4.67. The summed E-state index contributed by atoms with van der Waals surface area (Å²) in [6.45, 7) is 0. The van der Waals surface area contributed by atoms with Gasteiger partial charge in [-0.25, -0.2) is 9.97 Å². The highest BCUT2D eigenvalue weighted by atomic mass is 16.1. The molecular weight excluding hydrogens is 512 g/mol. The average Bonchev–Trinajstić information content (AvgIpc) is 3.08. The Balaban J connectivity index is 1.62. The predicted molar refractivity (Wildman–Crippen MR) is 171 cm³/mol. The molecule has 3 nitrogen and oxygen atoms in total. The number of para-hydroxylation sites is 2. The maximum Gasteiger partial charge on any atom is 0.194 e. The molecule has 0 amide bonds. The van der Waals surface area contributed by atoms with Crippen molar-refractivity contribution in [3.63, 3.8) is 0 Å². The van der Waals surface area contributed by atoms with Crippen molar-refractivity contribution in [3.05, 3.63) is 169 Å². The van der Waals surface area contributed by atoms with E-state index in [-0.39, 0.29) is 5.78 Å². The van der Waals surface area contributed by atoms with E-state index < -0.39 is 0 Å². The van der Waals surface area contributed by atoms with Crippen molar-refractivity contribution in [2.75, 3.05) is 0 Å². The highest BCUT2D eigenvalue weighted by molar-refractivity contribution is 6.19. The summed E-state index contributed by atoms with van der Waals surface area (Å²) in [5.74, 6) is -0.0591. The van der Waals surface area contributed by atoms with E-state index in [4.69, 9.17) is 9.97 Å². The first-order chi connectivity index (χ1) is 20.8. The molecule has 0 saturated heterocycles. The molecule has 0 N–H and O–H groups in total. The maximum absolute atomic E-state index is 14.7. The summed E-state index contributed by atoms with van der Waals surface area (Å²) in [5, 5.41) is 0. The lowest BCUT2D eigenvalue weighted by atomic mass is 9.83. The van der Waals surface area contributed by atoms with Crippen LogP contribution in [-0.2, 0) is 0 Å². The Bertz CT molecular complexity index is 2020. The fourth-order valence-electron chi connectivity index (χ4n) is 5.52. The average molecular weight is 539 g/mol. The molecule has 42 heavy (non-hydrogen) atoms. The van der Waals surface area contributed by atoms with E-state index >= 15 is 0 Å². The van der Waals surface area contributed by atoms with Crippen LogP contribution >= 0.6 is 0 Å². The number of benzene rings is 6. The van der Waals surface area contributed by atoms with E-state index in [2.05, 4.69) is 30.3 Å². The van der Waals surface area contributed by atoms with Crippen molar-refractivity contribution in [2.24, 2.45) is 0 Å². The van der Waals surface area contributed by atoms with Gasteiger partial charge in [-0.3, -0.25) is 4.79 Å². The first kappa shape index (κ1) is 25.3. The van der Waals surface area contributed by atoms with Gasteiger partial charge in [0.05, 0.1) is 22.4 Å². The van der Waals surface area contributed by atoms with Gasteiger partial charge in [0.2, 0.25) is 0 Å². The number of aromatic nitrogens is 2. The van der Waals surface area contributed by atoms with Gasteiger partial charge in [-0.15, -0.1) is 0 Å². The third-order valence-corrected chi connectivity index (χ3v) is 7.49. The van der Waals surface area contributed by atoms with Crippen LogP contribution in [0.2, 0.25) is 0 Å². The zero-order valence-corrected chi connectivity index (χ0v) is 22.8. The predicted octanol–water partition coefficient (Wildman–Crippen LogP) is 9.53. The molecule has 0 aliphatic rings. The lowest BCUT2D eigenvalue weighted by Crippen LogP contribution is -2.09. The zero-order chi connectivity index (χ0) is 28.3. The Kier molecular flexibility index (Phi) is 6.67. The van der Waals surface area contributed by atoms with Crippen molar-refractivity contribution < 1.29 is 4.79 Å². The minimum atomic E-state index is -0.0591. The van der Waals surface area contributed by atoms with Crippen LogP contribution in [0.3, 0.4) is 0 Å². The summed E-state index contributed by atoms with van der Waals surface area (Å²) < 4.78 is 0. The van der Waals surface area contributed by atoms with E-state index in [1.165, 1.54) is 0 Å². The Morgan fingerprint density at radius 3 is 1.45 bits per heavy atom. The smallest absolute Gasteiger partial charge is 0.194 e. The van der Waals surface area contributed by atoms with Crippen molar-refractivity contribution >= 4 is 16.8 Å². The molecule has 3 heteroatoms. The number of fused-ring (bicyclic) bond motifs is 1. The molecule has 0 radical (unpaired) electrons. The van der Waals surface area contributed by atoms with Crippen LogP contribution in [0.1, 0.15) is 15.9 Å². The van der Waals surface area contributed by atoms with E-state index in [1.54, 1.807) is 0 Å². The zero-order valence-electron chi connectivity index (χ0n) is 22.8. The van der Waals surface area contributed by atoms with Crippen LogP contribution in [-0.4, -0.2) is 15.8 Å². The molecule has 198 valence electrons. The standard InChI is InChI=1S/C39H26N2O/c42-39(30-21-11-4-12-22-30)36-32(26-25-31(27-15-5-1-6-16-27)35(36)28-17-7-2-8-18-28)38-37(29-19-9-3-10-20-29)40-33-23-13-14-24-34(33)41-38/h1-26H. The van der Waals surface area contributed by atoms with Gasteiger partial charge in [0.15, 0.2) is 5.78 Å². The second kappa shape index (κ2) is 11.1. The molecule has 0 spiro atoms. The fraction of sp³-hybridized carbons (Fsp3) is 0. The molecule has 0 unspecified atom stereocenters. The molecule has 7 rings (SSSR count). The summed E-state index contributed by atoms with van der Waals surface area (Å²) in [5.41, 5.74) is 9.79. The summed E-state index contributed by atoms with van der Waals surface area (Å²) in [6, 6.07) is 52.0. The van der Waals surface area contributed by atoms with Gasteiger partial charge < -0.3 is 0 Å². The molecule has 0 fully saturated rings. The SMILES string of the molecule is O=C(c1ccccc1)c1c(-c2nc3ccccc3nc2-c2ccccc2)ccc(-c2ccccc2)c1-c1ccccc1. The van der Waals surface area contributed by atoms with Gasteiger partial charge in [0, 0.05) is 27.8 Å². The highest BCUT2D eigenvalue weighted by Crippen LogP contribution is 2.43. The van der Waals surface area contributed by atoms with Crippen LogP contribution in [0.5, 0.6) is 0 Å². The lowest BCUT2D eigenvalue weighted by molar-refractivity contribution is 0.104. The number of hydrogen-bond donors (Lipinski definition) is 0. The van der Waals surface area contributed by atoms with E-state index in [0.717, 1.165) is 50.1 Å². The molecule has 0 aliphatic carbocycles. The highest BCUT2D eigenvalue weighted by Gasteiger charge is 2.26. The topological polar surface area (TPSA) is 42.9 Å². The number of carbonyl (C=O) groups is 1. The number of hydrogen-bond acceptors (Lipinski definition) is 3. The van der Waals surface area contributed by atoms with Crippen LogP contribution in [0, 0.1) is 0 Å². The maximum atomic E-state index is 14.7. The molecule has 1 aromatic heterocycles. The Morgan fingerprint density at radius 1 is 0.405 bits per heavy atom. The summed E-state index contributed by atoms with van der Waals surface area (Å²) in [4.78, 5) is 25.0. The monoisotopic (exact) mass is 538 g/mol. The molecule has 0 bridgehead atoms. The fourth-order valence-corrected chi connectivity index (χ4v) is 5.52. The molecule has 0 atom stereocenters. The van der Waals surface area contributed by atoms with Gasteiger partial charge in [-0.05, 0) is 28.8 Å². The summed E-state index contributed by atoms with van der Waals surface area (Å²) >= 11 is 0. The first-order valence-electron chi connectivity index (χ1n) is 14.0. The lowest BCUT2D eigenvalue weighted by Gasteiger charge is -2.20. The number of nitrogens with zero attached hydrogens (tertiary/aromatic N) is 2. The summed E-state index contributed by atoms with van der Waals surface area (Å²) in [7, 11) is 0. The third-order valence-electron chi connectivity index (χ3n) is 7.49. The van der Waals surface area contributed by atoms with Gasteiger partial charge in [-0.1, -0.05) is 146 Å². The van der Waals surface area contributed by atoms with Gasteiger partial charge in [0.25, 0.3) is 0 Å². The molecule has 1 heterocycles. The van der Waals surface area contributed by atoms with Crippen LogP contribution in [0.15, 0.2) is 158 Å². The Hall–Kier alpha value is -5.67. The minimum Gasteiger partial charge on any atom is -0.289 e. The van der Waals surface area contributed by atoms with E-state index in [1.807, 2.05) is 127 Å². The minimum absolute atomic E-state index is 0.0591. The summed E-state index contributed by atoms with van der Waals surface area (Å²) in [6.07, 6.45) is 0. The Morgan fingerprint density at radius 2 is 0.857 bits per heavy atom. The number of carbonyl (C=O) groups excluding carboxylic acids is 1. The van der Waals surface area contributed by atoms with Crippen LogP contribution < -0.4 is 0 Å². The van der Waals surface area contributed by atoms with Gasteiger partial charge in [0.1, 0.15) is 0 Å². The molecule has 7 aromatic rings. The van der Waals surface area contributed by atoms with Crippen molar-refractivity contribution in [1.82, 2.24) is 9.97 Å². The van der Waals surface area contributed by atoms with Gasteiger partial charge in [-0.2, -0.15) is 0 Å². The molecule has 0 aliphatic heterocycles. The Labute approximate surface area is 244 Å². The van der Waals surface area contributed by atoms with Crippen molar-refractivity contribution in [1.29, 1.82) is 0 Å². The largest absolute Gasteiger partial charge is 0.289 e. The number of rotatable bonds is 6. The second-order valence-corrected chi connectivity index (χ2v) is 10.1. The van der Waals surface area contributed by atoms with Crippen molar-refractivity contribution in [2.45, 2.75) is 0 Å². The van der Waals surface area contributed by atoms with Crippen LogP contribution in [0.25, 0.3) is 55.8 Å². The van der Waals surface area contributed by atoms with E-state index in [9.17, 15) is 4.79 Å². The van der Waals surface area contributed by atoms with Crippen molar-refractivity contribution in [3.8, 4) is 44.8 Å². The first-order valence-corrected chi connectivity index (χ1v) is 14.0. The molecular formula is C39H26N2O. The van der Waals surface area contributed by atoms with E-state index in [0.29, 0.717) is 16.8 Å². The van der Waals surface area contributed by atoms with Crippen LogP contribution in [0.4, 0.5) is 0 Å². The number of ketones is 1. The molecule has 6 aromatic carbocycles. The second-order valence-electron chi connectivity index (χ2n) is 10.1. The normalized spacial score (nSPS) is 11.0. The molecule has 0 saturated carbocycles.